The van der Waals surface area contributed by atoms with Crippen LogP contribution in [0.2, 0.25) is 0 Å². The van der Waals surface area contributed by atoms with Crippen molar-refractivity contribution in [2.75, 3.05) is 11.9 Å². The van der Waals surface area contributed by atoms with E-state index < -0.39 is 0 Å². The topological polar surface area (TPSA) is 70.2 Å². The SMILES string of the molecule is O=C(NCc1ccccc1F)c1ccc(NC(=O)C2CCCCN2)cc1. The fourth-order valence-electron chi connectivity index (χ4n) is 2.93. The zero-order chi connectivity index (χ0) is 18.4. The standard InChI is InChI=1S/C20H22FN3O2/c21-17-6-2-1-5-15(17)13-23-19(25)14-8-10-16(11-9-14)24-20(26)18-7-3-4-12-22-18/h1-2,5-6,8-11,18,22H,3-4,7,12-13H2,(H,23,25)(H,24,26). The molecular formula is C20H22FN3O2. The second kappa shape index (κ2) is 8.58. The van der Waals surface area contributed by atoms with Gasteiger partial charge in [0, 0.05) is 23.4 Å². The molecule has 136 valence electrons. The molecule has 0 aromatic heterocycles. The van der Waals surface area contributed by atoms with E-state index in [9.17, 15) is 14.0 Å². The van der Waals surface area contributed by atoms with E-state index in [1.807, 2.05) is 0 Å². The molecule has 1 heterocycles. The average Bonchev–Trinajstić information content (AvgIpc) is 2.68. The van der Waals surface area contributed by atoms with E-state index in [4.69, 9.17) is 0 Å². The lowest BCUT2D eigenvalue weighted by Gasteiger charge is -2.22. The predicted molar refractivity (Wildman–Crippen MR) is 98.3 cm³/mol. The molecule has 1 saturated heterocycles. The van der Waals surface area contributed by atoms with Crippen molar-refractivity contribution in [1.82, 2.24) is 10.6 Å². The van der Waals surface area contributed by atoms with Gasteiger partial charge in [-0.25, -0.2) is 4.39 Å². The van der Waals surface area contributed by atoms with Gasteiger partial charge in [0.2, 0.25) is 5.91 Å². The van der Waals surface area contributed by atoms with Crippen molar-refractivity contribution in [1.29, 1.82) is 0 Å². The smallest absolute Gasteiger partial charge is 0.251 e. The van der Waals surface area contributed by atoms with Crippen LogP contribution in [0.4, 0.5) is 10.1 Å². The Bertz CT molecular complexity index is 771. The van der Waals surface area contributed by atoms with Gasteiger partial charge in [0.25, 0.3) is 5.91 Å². The molecule has 1 unspecified atom stereocenters. The molecule has 1 atom stereocenters. The summed E-state index contributed by atoms with van der Waals surface area (Å²) in [5.41, 5.74) is 1.54. The van der Waals surface area contributed by atoms with Crippen LogP contribution in [0.15, 0.2) is 48.5 Å². The molecule has 0 saturated carbocycles. The normalized spacial score (nSPS) is 16.7. The van der Waals surface area contributed by atoms with Gasteiger partial charge < -0.3 is 16.0 Å². The lowest BCUT2D eigenvalue weighted by molar-refractivity contribution is -0.118. The highest BCUT2D eigenvalue weighted by Gasteiger charge is 2.20. The number of halogens is 1. The van der Waals surface area contributed by atoms with Gasteiger partial charge in [-0.15, -0.1) is 0 Å². The summed E-state index contributed by atoms with van der Waals surface area (Å²) in [6, 6.07) is 12.8. The second-order valence-electron chi connectivity index (χ2n) is 6.34. The second-order valence-corrected chi connectivity index (χ2v) is 6.34. The average molecular weight is 355 g/mol. The highest BCUT2D eigenvalue weighted by atomic mass is 19.1. The van der Waals surface area contributed by atoms with E-state index in [-0.39, 0.29) is 30.2 Å². The summed E-state index contributed by atoms with van der Waals surface area (Å²) < 4.78 is 13.6. The molecule has 5 nitrogen and oxygen atoms in total. The van der Waals surface area contributed by atoms with Crippen molar-refractivity contribution >= 4 is 17.5 Å². The molecule has 2 aromatic rings. The van der Waals surface area contributed by atoms with Crippen molar-refractivity contribution in [3.63, 3.8) is 0 Å². The number of rotatable bonds is 5. The van der Waals surface area contributed by atoms with Gasteiger partial charge in [-0.1, -0.05) is 24.6 Å². The Labute approximate surface area is 152 Å². The van der Waals surface area contributed by atoms with E-state index >= 15 is 0 Å². The maximum Gasteiger partial charge on any atom is 0.251 e. The van der Waals surface area contributed by atoms with Gasteiger partial charge in [-0.2, -0.15) is 0 Å². The first-order valence-electron chi connectivity index (χ1n) is 8.79. The molecule has 2 amide bonds. The molecule has 6 heteroatoms. The largest absolute Gasteiger partial charge is 0.348 e. The minimum Gasteiger partial charge on any atom is -0.348 e. The number of amides is 2. The fraction of sp³-hybridized carbons (Fsp3) is 0.300. The van der Waals surface area contributed by atoms with Gasteiger partial charge in [0.1, 0.15) is 5.82 Å². The van der Waals surface area contributed by atoms with Crippen molar-refractivity contribution in [2.24, 2.45) is 0 Å². The van der Waals surface area contributed by atoms with Crippen LogP contribution in [0, 0.1) is 5.82 Å². The molecule has 3 rings (SSSR count). The number of carbonyl (C=O) groups is 2. The zero-order valence-electron chi connectivity index (χ0n) is 14.4. The van der Waals surface area contributed by atoms with Gasteiger partial charge >= 0.3 is 0 Å². The lowest BCUT2D eigenvalue weighted by atomic mass is 10.0. The fourth-order valence-corrected chi connectivity index (χ4v) is 2.93. The van der Waals surface area contributed by atoms with Gasteiger partial charge in [-0.3, -0.25) is 9.59 Å². The predicted octanol–water partition coefficient (Wildman–Crippen LogP) is 2.84. The lowest BCUT2D eigenvalue weighted by Crippen LogP contribution is -2.43. The van der Waals surface area contributed by atoms with E-state index in [1.54, 1.807) is 42.5 Å². The van der Waals surface area contributed by atoms with Gasteiger partial charge in [0.05, 0.1) is 6.04 Å². The van der Waals surface area contributed by atoms with Crippen LogP contribution >= 0.6 is 0 Å². The molecular weight excluding hydrogens is 333 g/mol. The van der Waals surface area contributed by atoms with E-state index in [0.717, 1.165) is 25.8 Å². The minimum absolute atomic E-state index is 0.0542. The first-order valence-corrected chi connectivity index (χ1v) is 8.79. The Morgan fingerprint density at radius 3 is 2.54 bits per heavy atom. The molecule has 0 spiro atoms. The molecule has 3 N–H and O–H groups in total. The molecule has 2 aromatic carbocycles. The highest BCUT2D eigenvalue weighted by molar-refractivity contribution is 5.97. The van der Waals surface area contributed by atoms with Crippen LogP contribution in [0.1, 0.15) is 35.2 Å². The summed E-state index contributed by atoms with van der Waals surface area (Å²) in [7, 11) is 0. The zero-order valence-corrected chi connectivity index (χ0v) is 14.4. The summed E-state index contributed by atoms with van der Waals surface area (Å²) >= 11 is 0. The van der Waals surface area contributed by atoms with Crippen LogP contribution in [-0.4, -0.2) is 24.4 Å². The van der Waals surface area contributed by atoms with Crippen molar-refractivity contribution in [3.8, 4) is 0 Å². The van der Waals surface area contributed by atoms with Crippen LogP contribution < -0.4 is 16.0 Å². The maximum absolute atomic E-state index is 13.6. The highest BCUT2D eigenvalue weighted by Crippen LogP contribution is 2.13. The summed E-state index contributed by atoms with van der Waals surface area (Å²) in [6.07, 6.45) is 2.98. The number of anilines is 1. The first kappa shape index (κ1) is 18.1. The van der Waals surface area contributed by atoms with E-state index in [0.29, 0.717) is 16.8 Å². The first-order chi connectivity index (χ1) is 12.6. The summed E-state index contributed by atoms with van der Waals surface area (Å²) in [5, 5.41) is 8.75. The quantitative estimate of drug-likeness (QED) is 0.772. The van der Waals surface area contributed by atoms with Gasteiger partial charge in [0.15, 0.2) is 0 Å². The molecule has 0 radical (unpaired) electrons. The molecule has 1 aliphatic heterocycles. The third kappa shape index (κ3) is 4.67. The molecule has 0 aliphatic carbocycles. The van der Waals surface area contributed by atoms with Crippen LogP contribution in [-0.2, 0) is 11.3 Å². The number of piperidine rings is 1. The number of hydrogen-bond donors (Lipinski definition) is 3. The van der Waals surface area contributed by atoms with Crippen LogP contribution in [0.3, 0.4) is 0 Å². The third-order valence-electron chi connectivity index (χ3n) is 4.44. The Kier molecular flexibility index (Phi) is 5.96. The summed E-state index contributed by atoms with van der Waals surface area (Å²) in [4.78, 5) is 24.4. The van der Waals surface area contributed by atoms with Crippen molar-refractivity contribution in [3.05, 3.63) is 65.5 Å². The monoisotopic (exact) mass is 355 g/mol. The third-order valence-corrected chi connectivity index (χ3v) is 4.44. The maximum atomic E-state index is 13.6. The van der Waals surface area contributed by atoms with Crippen molar-refractivity contribution in [2.45, 2.75) is 31.8 Å². The number of benzene rings is 2. The molecule has 26 heavy (non-hydrogen) atoms. The summed E-state index contributed by atoms with van der Waals surface area (Å²) in [5.74, 6) is -0.691. The molecule has 1 aliphatic rings. The van der Waals surface area contributed by atoms with Gasteiger partial charge in [-0.05, 0) is 49.7 Å². The Balaban J connectivity index is 1.54. The van der Waals surface area contributed by atoms with E-state index in [1.165, 1.54) is 6.07 Å². The summed E-state index contributed by atoms with van der Waals surface area (Å²) in [6.45, 7) is 0.983. The number of hydrogen-bond acceptors (Lipinski definition) is 3. The number of nitrogens with one attached hydrogen (secondary N) is 3. The Morgan fingerprint density at radius 2 is 1.85 bits per heavy atom. The Morgan fingerprint density at radius 1 is 1.08 bits per heavy atom. The van der Waals surface area contributed by atoms with Crippen molar-refractivity contribution < 1.29 is 14.0 Å². The molecule has 0 bridgehead atoms. The van der Waals surface area contributed by atoms with E-state index in [2.05, 4.69) is 16.0 Å². The minimum atomic E-state index is -0.345. The number of carbonyl (C=O) groups excluding carboxylic acids is 2. The molecule has 1 fully saturated rings. The van der Waals surface area contributed by atoms with Crippen LogP contribution in [0.25, 0.3) is 0 Å². The van der Waals surface area contributed by atoms with Crippen LogP contribution in [0.5, 0.6) is 0 Å². The Hall–Kier alpha value is -2.73.